The van der Waals surface area contributed by atoms with Crippen molar-refractivity contribution in [1.82, 2.24) is 4.90 Å². The van der Waals surface area contributed by atoms with Crippen LogP contribution in [-0.2, 0) is 4.79 Å². The Labute approximate surface area is 132 Å². The highest BCUT2D eigenvalue weighted by Crippen LogP contribution is 2.35. The third kappa shape index (κ3) is 3.35. The van der Waals surface area contributed by atoms with Crippen LogP contribution in [0.4, 0.5) is 11.4 Å². The van der Waals surface area contributed by atoms with Gasteiger partial charge in [-0.1, -0.05) is 0 Å². The molecule has 3 rings (SSSR count). The van der Waals surface area contributed by atoms with Crippen molar-refractivity contribution >= 4 is 17.3 Å². The Morgan fingerprint density at radius 3 is 2.77 bits per heavy atom. The first kappa shape index (κ1) is 15.2. The van der Waals surface area contributed by atoms with E-state index in [4.69, 9.17) is 4.74 Å². The summed E-state index contributed by atoms with van der Waals surface area (Å²) in [5, 5.41) is 6.42. The number of ether oxygens (including phenoxy) is 1. The standard InChI is InChI=1S/C17H25N3O2/c1-11-8-14(10-20(11)15-5-6-15)19-16-9-13(18-12(2)21)4-7-17(16)22-3/h4,7,9,11,14-15,19H,5-6,8,10H2,1-3H3,(H,18,21)/t11-,14-/m1/s1. The predicted octanol–water partition coefficient (Wildman–Crippen LogP) is 2.69. The van der Waals surface area contributed by atoms with Crippen LogP contribution in [0.2, 0.25) is 0 Å². The molecule has 1 saturated carbocycles. The molecule has 2 fully saturated rings. The van der Waals surface area contributed by atoms with Crippen LogP contribution in [0.15, 0.2) is 18.2 Å². The molecule has 1 aliphatic heterocycles. The minimum Gasteiger partial charge on any atom is -0.495 e. The first-order chi connectivity index (χ1) is 10.6. The van der Waals surface area contributed by atoms with Crippen LogP contribution in [-0.4, -0.2) is 42.6 Å². The van der Waals surface area contributed by atoms with E-state index in [1.54, 1.807) is 7.11 Å². The van der Waals surface area contributed by atoms with Crippen molar-refractivity contribution in [1.29, 1.82) is 0 Å². The quantitative estimate of drug-likeness (QED) is 0.878. The molecule has 22 heavy (non-hydrogen) atoms. The summed E-state index contributed by atoms with van der Waals surface area (Å²) in [5.74, 6) is 0.747. The topological polar surface area (TPSA) is 53.6 Å². The zero-order chi connectivity index (χ0) is 15.7. The number of nitrogens with zero attached hydrogens (tertiary/aromatic N) is 1. The van der Waals surface area contributed by atoms with E-state index in [1.807, 2.05) is 18.2 Å². The second-order valence-corrected chi connectivity index (χ2v) is 6.45. The van der Waals surface area contributed by atoms with Gasteiger partial charge in [-0.2, -0.15) is 0 Å². The average Bonchev–Trinajstić information content (AvgIpc) is 3.23. The molecule has 1 aliphatic carbocycles. The number of likely N-dealkylation sites (tertiary alicyclic amines) is 1. The van der Waals surface area contributed by atoms with E-state index in [0.29, 0.717) is 12.1 Å². The molecule has 2 atom stereocenters. The highest BCUT2D eigenvalue weighted by atomic mass is 16.5. The van der Waals surface area contributed by atoms with Crippen molar-refractivity contribution in [3.63, 3.8) is 0 Å². The molecular weight excluding hydrogens is 278 g/mol. The Balaban J connectivity index is 1.71. The van der Waals surface area contributed by atoms with Crippen molar-refractivity contribution in [2.24, 2.45) is 0 Å². The van der Waals surface area contributed by atoms with Gasteiger partial charge in [0.2, 0.25) is 5.91 Å². The number of anilines is 2. The molecule has 1 saturated heterocycles. The number of amides is 1. The number of carbonyl (C=O) groups is 1. The van der Waals surface area contributed by atoms with Crippen molar-refractivity contribution in [3.05, 3.63) is 18.2 Å². The predicted molar refractivity (Wildman–Crippen MR) is 88.5 cm³/mol. The maximum atomic E-state index is 11.2. The van der Waals surface area contributed by atoms with Gasteiger partial charge in [0.1, 0.15) is 5.75 Å². The molecule has 0 radical (unpaired) electrons. The molecule has 0 spiro atoms. The van der Waals surface area contributed by atoms with Crippen LogP contribution in [0, 0.1) is 0 Å². The van der Waals surface area contributed by atoms with E-state index in [-0.39, 0.29) is 5.91 Å². The van der Waals surface area contributed by atoms with Gasteiger partial charge in [0.05, 0.1) is 12.8 Å². The van der Waals surface area contributed by atoms with E-state index >= 15 is 0 Å². The highest BCUT2D eigenvalue weighted by Gasteiger charge is 2.38. The fourth-order valence-corrected chi connectivity index (χ4v) is 3.40. The van der Waals surface area contributed by atoms with Gasteiger partial charge in [-0.05, 0) is 44.4 Å². The van der Waals surface area contributed by atoms with Crippen LogP contribution in [0.25, 0.3) is 0 Å². The van der Waals surface area contributed by atoms with Crippen LogP contribution >= 0.6 is 0 Å². The lowest BCUT2D eigenvalue weighted by atomic mass is 10.1. The van der Waals surface area contributed by atoms with Gasteiger partial charge in [0.15, 0.2) is 0 Å². The summed E-state index contributed by atoms with van der Waals surface area (Å²) in [6.07, 6.45) is 3.83. The summed E-state index contributed by atoms with van der Waals surface area (Å²) in [5.41, 5.74) is 1.74. The van der Waals surface area contributed by atoms with E-state index < -0.39 is 0 Å². The maximum absolute atomic E-state index is 11.2. The van der Waals surface area contributed by atoms with Gasteiger partial charge in [-0.3, -0.25) is 9.69 Å². The third-order valence-electron chi connectivity index (χ3n) is 4.52. The smallest absolute Gasteiger partial charge is 0.221 e. The summed E-state index contributed by atoms with van der Waals surface area (Å²) < 4.78 is 5.44. The van der Waals surface area contributed by atoms with Gasteiger partial charge < -0.3 is 15.4 Å². The van der Waals surface area contributed by atoms with Crippen LogP contribution in [0.3, 0.4) is 0 Å². The largest absolute Gasteiger partial charge is 0.495 e. The second-order valence-electron chi connectivity index (χ2n) is 6.45. The number of methoxy groups -OCH3 is 1. The Morgan fingerprint density at radius 1 is 1.36 bits per heavy atom. The number of nitrogens with one attached hydrogen (secondary N) is 2. The molecule has 5 nitrogen and oxygen atoms in total. The Morgan fingerprint density at radius 2 is 2.14 bits per heavy atom. The molecule has 1 amide bonds. The highest BCUT2D eigenvalue weighted by molar-refractivity contribution is 5.89. The SMILES string of the molecule is COc1ccc(NC(C)=O)cc1N[C@@H]1C[C@@H](C)N(C2CC2)C1. The van der Waals surface area contributed by atoms with Crippen LogP contribution in [0.5, 0.6) is 5.75 Å². The summed E-state index contributed by atoms with van der Waals surface area (Å²) >= 11 is 0. The normalized spacial score (nSPS) is 25.0. The molecule has 2 aliphatic rings. The molecule has 120 valence electrons. The lowest BCUT2D eigenvalue weighted by Crippen LogP contribution is -2.31. The molecule has 1 aromatic rings. The van der Waals surface area contributed by atoms with Crippen molar-refractivity contribution < 1.29 is 9.53 Å². The fraction of sp³-hybridized carbons (Fsp3) is 0.588. The average molecular weight is 303 g/mol. The first-order valence-corrected chi connectivity index (χ1v) is 8.04. The maximum Gasteiger partial charge on any atom is 0.221 e. The van der Waals surface area contributed by atoms with Crippen molar-refractivity contribution in [2.45, 2.75) is 51.2 Å². The zero-order valence-electron chi connectivity index (χ0n) is 13.6. The van der Waals surface area contributed by atoms with Crippen molar-refractivity contribution in [3.8, 4) is 5.75 Å². The number of hydrogen-bond acceptors (Lipinski definition) is 4. The summed E-state index contributed by atoms with van der Waals surface area (Å²) in [4.78, 5) is 13.8. The Kier molecular flexibility index (Phi) is 4.25. The van der Waals surface area contributed by atoms with Gasteiger partial charge in [-0.15, -0.1) is 0 Å². The van der Waals surface area contributed by atoms with Crippen LogP contribution in [0.1, 0.15) is 33.1 Å². The van der Waals surface area contributed by atoms with E-state index in [0.717, 1.165) is 36.1 Å². The van der Waals surface area contributed by atoms with Gasteiger partial charge in [0, 0.05) is 37.3 Å². The number of carbonyl (C=O) groups excluding carboxylic acids is 1. The molecule has 5 heteroatoms. The molecule has 0 bridgehead atoms. The van der Waals surface area contributed by atoms with Gasteiger partial charge in [0.25, 0.3) is 0 Å². The molecule has 1 aromatic carbocycles. The minimum absolute atomic E-state index is 0.0643. The van der Waals surface area contributed by atoms with Crippen molar-refractivity contribution in [2.75, 3.05) is 24.3 Å². The molecule has 1 heterocycles. The van der Waals surface area contributed by atoms with E-state index in [1.165, 1.54) is 19.8 Å². The Bertz CT molecular complexity index is 557. The lowest BCUT2D eigenvalue weighted by Gasteiger charge is -2.20. The summed E-state index contributed by atoms with van der Waals surface area (Å²) in [6.45, 7) is 4.91. The molecule has 0 aromatic heterocycles. The minimum atomic E-state index is -0.0643. The number of benzene rings is 1. The van der Waals surface area contributed by atoms with Crippen LogP contribution < -0.4 is 15.4 Å². The van der Waals surface area contributed by atoms with E-state index in [2.05, 4.69) is 22.5 Å². The number of rotatable bonds is 5. The third-order valence-corrected chi connectivity index (χ3v) is 4.52. The van der Waals surface area contributed by atoms with Gasteiger partial charge >= 0.3 is 0 Å². The summed E-state index contributed by atoms with van der Waals surface area (Å²) in [6, 6.07) is 7.56. The first-order valence-electron chi connectivity index (χ1n) is 8.04. The molecule has 0 unspecified atom stereocenters. The fourth-order valence-electron chi connectivity index (χ4n) is 3.40. The monoisotopic (exact) mass is 303 g/mol. The van der Waals surface area contributed by atoms with E-state index in [9.17, 15) is 4.79 Å². The second kappa shape index (κ2) is 6.16. The Hall–Kier alpha value is -1.75. The molecular formula is C17H25N3O2. The lowest BCUT2D eigenvalue weighted by molar-refractivity contribution is -0.114. The number of hydrogen-bond donors (Lipinski definition) is 2. The van der Waals surface area contributed by atoms with Gasteiger partial charge in [-0.25, -0.2) is 0 Å². The molecule has 2 N–H and O–H groups in total. The summed E-state index contributed by atoms with van der Waals surface area (Å²) in [7, 11) is 1.67. The zero-order valence-corrected chi connectivity index (χ0v) is 13.6.